The molecule has 0 unspecified atom stereocenters. The average Bonchev–Trinajstić information content (AvgIpc) is 3.08. The average molecular weight is 359 g/mol. The van der Waals surface area contributed by atoms with Gasteiger partial charge >= 0.3 is 0 Å². The minimum absolute atomic E-state index is 0.374. The van der Waals surface area contributed by atoms with Crippen LogP contribution in [0.15, 0.2) is 46.1 Å². The minimum Gasteiger partial charge on any atom is -0.463 e. The zero-order valence-corrected chi connectivity index (χ0v) is 13.9. The Labute approximate surface area is 138 Å². The molecular weight excluding hydrogens is 347 g/mol. The summed E-state index contributed by atoms with van der Waals surface area (Å²) in [5, 5.41) is 5.00. The molecule has 0 N–H and O–H groups in total. The van der Waals surface area contributed by atoms with Crippen molar-refractivity contribution in [2.45, 2.75) is 12.5 Å². The van der Waals surface area contributed by atoms with Crippen LogP contribution in [0.4, 0.5) is 0 Å². The minimum atomic E-state index is -3.52. The van der Waals surface area contributed by atoms with Gasteiger partial charge in [-0.25, -0.2) is 8.42 Å². The van der Waals surface area contributed by atoms with E-state index in [1.807, 2.05) is 0 Å². The van der Waals surface area contributed by atoms with Crippen LogP contribution in [0.2, 0.25) is 10.0 Å². The Morgan fingerprint density at radius 3 is 2.64 bits per heavy atom. The molecule has 5 nitrogen and oxygen atoms in total. The zero-order chi connectivity index (χ0) is 15.9. The van der Waals surface area contributed by atoms with Crippen molar-refractivity contribution in [1.82, 2.24) is 4.41 Å². The molecule has 1 aliphatic rings. The van der Waals surface area contributed by atoms with Crippen LogP contribution in [0, 0.1) is 0 Å². The van der Waals surface area contributed by atoms with Gasteiger partial charge in [0.05, 0.1) is 28.6 Å². The van der Waals surface area contributed by atoms with Crippen molar-refractivity contribution in [3.8, 4) is 0 Å². The van der Waals surface area contributed by atoms with Gasteiger partial charge in [-0.3, -0.25) is 0 Å². The Morgan fingerprint density at radius 2 is 2.05 bits per heavy atom. The van der Waals surface area contributed by atoms with Gasteiger partial charge in [0.15, 0.2) is 0 Å². The van der Waals surface area contributed by atoms with Gasteiger partial charge in [-0.1, -0.05) is 29.3 Å². The third-order valence-electron chi connectivity index (χ3n) is 3.35. The maximum atomic E-state index is 12.0. The fourth-order valence-corrected chi connectivity index (χ4v) is 3.57. The second kappa shape index (κ2) is 5.61. The zero-order valence-electron chi connectivity index (χ0n) is 11.5. The van der Waals surface area contributed by atoms with Crippen molar-refractivity contribution < 1.29 is 12.8 Å². The third kappa shape index (κ3) is 2.86. The Hall–Kier alpha value is -1.50. The first-order chi connectivity index (χ1) is 10.4. The molecule has 1 aliphatic heterocycles. The monoisotopic (exact) mass is 358 g/mol. The second-order valence-corrected chi connectivity index (χ2v) is 7.61. The summed E-state index contributed by atoms with van der Waals surface area (Å²) in [6.45, 7) is 0. The molecule has 8 heteroatoms. The van der Waals surface area contributed by atoms with Crippen LogP contribution in [-0.2, 0) is 10.0 Å². The number of furan rings is 1. The number of nitrogens with zero attached hydrogens (tertiary/aromatic N) is 2. The lowest BCUT2D eigenvalue weighted by atomic mass is 10.0. The first kappa shape index (κ1) is 15.4. The smallest absolute Gasteiger partial charge is 0.247 e. The van der Waals surface area contributed by atoms with E-state index in [0.717, 1.165) is 16.2 Å². The van der Waals surface area contributed by atoms with E-state index in [9.17, 15) is 8.42 Å². The molecule has 0 bridgehead atoms. The number of halogens is 2. The summed E-state index contributed by atoms with van der Waals surface area (Å²) in [6.07, 6.45) is 3.04. The number of sulfonamides is 1. The predicted molar refractivity (Wildman–Crippen MR) is 85.7 cm³/mol. The van der Waals surface area contributed by atoms with Crippen molar-refractivity contribution in [2.75, 3.05) is 6.26 Å². The topological polar surface area (TPSA) is 62.9 Å². The van der Waals surface area contributed by atoms with Crippen LogP contribution in [0.5, 0.6) is 0 Å². The van der Waals surface area contributed by atoms with E-state index in [1.165, 1.54) is 6.26 Å². The van der Waals surface area contributed by atoms with Crippen LogP contribution in [-0.4, -0.2) is 24.8 Å². The van der Waals surface area contributed by atoms with Gasteiger partial charge in [0.1, 0.15) is 11.5 Å². The Morgan fingerprint density at radius 1 is 1.27 bits per heavy atom. The largest absolute Gasteiger partial charge is 0.463 e. The Kier molecular flexibility index (Phi) is 3.92. The highest BCUT2D eigenvalue weighted by Gasteiger charge is 2.35. The number of hydrazone groups is 1. The Balaban J connectivity index is 2.02. The molecule has 1 aromatic heterocycles. The van der Waals surface area contributed by atoms with E-state index in [2.05, 4.69) is 5.10 Å². The molecule has 2 aromatic rings. The van der Waals surface area contributed by atoms with Gasteiger partial charge in [-0.05, 0) is 29.8 Å². The van der Waals surface area contributed by atoms with Crippen LogP contribution in [0.3, 0.4) is 0 Å². The molecule has 0 saturated carbocycles. The molecule has 22 heavy (non-hydrogen) atoms. The van der Waals surface area contributed by atoms with Crippen molar-refractivity contribution in [2.24, 2.45) is 5.10 Å². The highest BCUT2D eigenvalue weighted by atomic mass is 35.5. The second-order valence-electron chi connectivity index (χ2n) is 4.95. The van der Waals surface area contributed by atoms with Crippen molar-refractivity contribution in [3.05, 3.63) is 58.0 Å². The highest BCUT2D eigenvalue weighted by Crippen LogP contribution is 2.36. The van der Waals surface area contributed by atoms with Gasteiger partial charge in [-0.15, -0.1) is 0 Å². The normalized spacial score (nSPS) is 18.6. The predicted octanol–water partition coefficient (Wildman–Crippen LogP) is 3.70. The van der Waals surface area contributed by atoms with Gasteiger partial charge in [0.2, 0.25) is 10.0 Å². The van der Waals surface area contributed by atoms with Crippen LogP contribution in [0.25, 0.3) is 0 Å². The molecule has 0 spiro atoms. The number of rotatable bonds is 3. The first-order valence-corrected chi connectivity index (χ1v) is 9.02. The standard InChI is InChI=1S/C14H12Cl2N2O3S/c1-22(19,20)18-13(9-4-5-10(15)11(16)7-9)8-12(17-18)14-3-2-6-21-14/h2-7,13H,8H2,1H3/t13-/m0/s1. The van der Waals surface area contributed by atoms with E-state index in [1.54, 1.807) is 30.3 Å². The Bertz CT molecular complexity index is 832. The first-order valence-electron chi connectivity index (χ1n) is 6.42. The summed E-state index contributed by atoms with van der Waals surface area (Å²) < 4.78 is 30.4. The van der Waals surface area contributed by atoms with Crippen molar-refractivity contribution in [3.63, 3.8) is 0 Å². The highest BCUT2D eigenvalue weighted by molar-refractivity contribution is 7.88. The van der Waals surface area contributed by atoms with Gasteiger partial charge in [0.25, 0.3) is 0 Å². The summed E-state index contributed by atoms with van der Waals surface area (Å²) in [5.74, 6) is 0.552. The maximum Gasteiger partial charge on any atom is 0.247 e. The third-order valence-corrected chi connectivity index (χ3v) is 5.10. The van der Waals surface area contributed by atoms with Crippen molar-refractivity contribution in [1.29, 1.82) is 0 Å². The number of hydrogen-bond acceptors (Lipinski definition) is 4. The molecule has 1 aromatic carbocycles. The lowest BCUT2D eigenvalue weighted by Gasteiger charge is -2.21. The van der Waals surface area contributed by atoms with Crippen molar-refractivity contribution >= 4 is 38.9 Å². The fourth-order valence-electron chi connectivity index (χ4n) is 2.35. The van der Waals surface area contributed by atoms with Crippen LogP contribution in [0.1, 0.15) is 23.8 Å². The lowest BCUT2D eigenvalue weighted by Crippen LogP contribution is -2.25. The molecule has 1 atom stereocenters. The molecule has 0 radical (unpaired) electrons. The number of benzene rings is 1. The molecule has 116 valence electrons. The molecule has 0 saturated heterocycles. The number of hydrogen-bond donors (Lipinski definition) is 0. The quantitative estimate of drug-likeness (QED) is 0.840. The lowest BCUT2D eigenvalue weighted by molar-refractivity contribution is 0.375. The van der Waals surface area contributed by atoms with Crippen LogP contribution < -0.4 is 0 Å². The summed E-state index contributed by atoms with van der Waals surface area (Å²) in [7, 11) is -3.52. The fraction of sp³-hybridized carbons (Fsp3) is 0.214. The van der Waals surface area contributed by atoms with Gasteiger partial charge < -0.3 is 4.42 Å². The van der Waals surface area contributed by atoms with E-state index in [-0.39, 0.29) is 0 Å². The molecular formula is C14H12Cl2N2O3S. The van der Waals surface area contributed by atoms with E-state index in [4.69, 9.17) is 27.6 Å². The van der Waals surface area contributed by atoms with Crippen LogP contribution >= 0.6 is 23.2 Å². The van der Waals surface area contributed by atoms with E-state index in [0.29, 0.717) is 27.9 Å². The van der Waals surface area contributed by atoms with E-state index >= 15 is 0 Å². The van der Waals surface area contributed by atoms with Gasteiger partial charge in [-0.2, -0.15) is 9.52 Å². The SMILES string of the molecule is CS(=O)(=O)N1N=C(c2ccco2)C[C@H]1c1ccc(Cl)c(Cl)c1. The molecule has 0 aliphatic carbocycles. The molecule has 0 fully saturated rings. The summed E-state index contributed by atoms with van der Waals surface area (Å²) in [5.41, 5.74) is 1.30. The molecule has 3 rings (SSSR count). The summed E-state index contributed by atoms with van der Waals surface area (Å²) in [4.78, 5) is 0. The summed E-state index contributed by atoms with van der Waals surface area (Å²) in [6, 6.07) is 8.06. The van der Waals surface area contributed by atoms with Gasteiger partial charge in [0, 0.05) is 6.42 Å². The van der Waals surface area contributed by atoms with E-state index < -0.39 is 16.1 Å². The molecule has 2 heterocycles. The summed E-state index contributed by atoms with van der Waals surface area (Å²) >= 11 is 12.0. The maximum absolute atomic E-state index is 12.0. The molecule has 0 amide bonds.